The average molecular weight is 393 g/mol. The maximum atomic E-state index is 12.5. The number of amides is 1. The molecule has 0 bridgehead atoms. The number of hydrazone groups is 1. The Morgan fingerprint density at radius 2 is 1.50 bits per heavy atom. The molecule has 120 valence electrons. The van der Waals surface area contributed by atoms with Crippen molar-refractivity contribution in [2.24, 2.45) is 5.10 Å². The summed E-state index contributed by atoms with van der Waals surface area (Å²) in [4.78, 5) is 13.0. The van der Waals surface area contributed by atoms with E-state index in [-0.39, 0.29) is 5.91 Å². The zero-order valence-electron chi connectivity index (χ0n) is 12.1. The maximum Gasteiger partial charge on any atom is 0.286 e. The van der Waals surface area contributed by atoms with Gasteiger partial charge in [0.25, 0.3) is 5.91 Å². The van der Waals surface area contributed by atoms with Gasteiger partial charge in [0.15, 0.2) is 4.32 Å². The van der Waals surface area contributed by atoms with Crippen molar-refractivity contribution in [2.45, 2.75) is 0 Å². The summed E-state index contributed by atoms with van der Waals surface area (Å²) in [6, 6.07) is 14.4. The average Bonchev–Trinajstić information content (AvgIpc) is 2.83. The monoisotopic (exact) mass is 392 g/mol. The van der Waals surface area contributed by atoms with E-state index in [2.05, 4.69) is 5.10 Å². The first-order chi connectivity index (χ1) is 11.5. The number of hydrogen-bond acceptors (Lipinski definition) is 4. The molecule has 1 aliphatic heterocycles. The highest BCUT2D eigenvalue weighted by Gasteiger charge is 2.31. The summed E-state index contributed by atoms with van der Waals surface area (Å²) in [5.74, 6) is -0.245. The molecule has 0 saturated carbocycles. The minimum Gasteiger partial charge on any atom is -0.266 e. The normalized spacial score (nSPS) is 16.6. The summed E-state index contributed by atoms with van der Waals surface area (Å²) < 4.78 is 0.394. The van der Waals surface area contributed by atoms with Gasteiger partial charge in [0.1, 0.15) is 0 Å². The number of rotatable bonds is 3. The van der Waals surface area contributed by atoms with Gasteiger partial charge in [-0.3, -0.25) is 4.79 Å². The van der Waals surface area contributed by atoms with Gasteiger partial charge in [-0.2, -0.15) is 10.1 Å². The van der Waals surface area contributed by atoms with Crippen LogP contribution in [0.25, 0.3) is 6.08 Å². The van der Waals surface area contributed by atoms with Crippen LogP contribution in [-0.2, 0) is 4.79 Å². The molecule has 1 heterocycles. The molecule has 2 aromatic carbocycles. The van der Waals surface area contributed by atoms with Gasteiger partial charge in [-0.15, -0.1) is 0 Å². The number of benzene rings is 2. The number of hydrogen-bond donors (Lipinski definition) is 0. The fraction of sp³-hybridized carbons (Fsp3) is 0. The number of thiocarbonyl (C=S) groups is 1. The van der Waals surface area contributed by atoms with Crippen molar-refractivity contribution in [3.05, 3.63) is 74.6 Å². The Balaban J connectivity index is 1.78. The molecule has 1 saturated heterocycles. The maximum absolute atomic E-state index is 12.5. The molecule has 0 spiro atoms. The van der Waals surface area contributed by atoms with E-state index in [0.29, 0.717) is 19.3 Å². The van der Waals surface area contributed by atoms with Crippen LogP contribution in [0.4, 0.5) is 0 Å². The fourth-order valence-corrected chi connectivity index (χ4v) is 3.37. The van der Waals surface area contributed by atoms with Crippen molar-refractivity contribution in [2.75, 3.05) is 0 Å². The first-order valence-electron chi connectivity index (χ1n) is 6.86. The third-order valence-corrected chi connectivity index (χ3v) is 4.92. The van der Waals surface area contributed by atoms with Crippen LogP contribution >= 0.6 is 47.2 Å². The second kappa shape index (κ2) is 7.49. The Kier molecular flexibility index (Phi) is 5.36. The summed E-state index contributed by atoms with van der Waals surface area (Å²) in [5, 5.41) is 6.69. The van der Waals surface area contributed by atoms with Gasteiger partial charge in [0, 0.05) is 10.0 Å². The van der Waals surface area contributed by atoms with Gasteiger partial charge in [-0.25, -0.2) is 0 Å². The van der Waals surface area contributed by atoms with Crippen molar-refractivity contribution < 1.29 is 4.79 Å². The van der Waals surface area contributed by atoms with Crippen molar-refractivity contribution >= 4 is 69.7 Å². The minimum atomic E-state index is -0.245. The van der Waals surface area contributed by atoms with Gasteiger partial charge >= 0.3 is 0 Å². The summed E-state index contributed by atoms with van der Waals surface area (Å²) in [5.41, 5.74) is 1.71. The fourth-order valence-electron chi connectivity index (χ4n) is 1.94. The molecule has 0 atom stereocenters. The number of carbonyl (C=O) groups is 1. The van der Waals surface area contributed by atoms with E-state index >= 15 is 0 Å². The van der Waals surface area contributed by atoms with Crippen LogP contribution in [0, 0.1) is 0 Å². The minimum absolute atomic E-state index is 0.245. The molecule has 7 heteroatoms. The zero-order valence-corrected chi connectivity index (χ0v) is 15.3. The van der Waals surface area contributed by atoms with Crippen molar-refractivity contribution in [1.29, 1.82) is 0 Å². The van der Waals surface area contributed by atoms with Crippen LogP contribution in [0.5, 0.6) is 0 Å². The highest BCUT2D eigenvalue weighted by molar-refractivity contribution is 8.26. The molecule has 3 nitrogen and oxygen atoms in total. The lowest BCUT2D eigenvalue weighted by Gasteiger charge is -2.06. The van der Waals surface area contributed by atoms with Crippen LogP contribution in [-0.4, -0.2) is 21.5 Å². The summed E-state index contributed by atoms with van der Waals surface area (Å²) in [7, 11) is 0. The Bertz CT molecular complexity index is 846. The molecule has 0 radical (unpaired) electrons. The predicted molar refractivity (Wildman–Crippen MR) is 106 cm³/mol. The highest BCUT2D eigenvalue weighted by atomic mass is 35.5. The van der Waals surface area contributed by atoms with Crippen molar-refractivity contribution in [3.63, 3.8) is 0 Å². The molecule has 0 unspecified atom stereocenters. The molecule has 24 heavy (non-hydrogen) atoms. The van der Waals surface area contributed by atoms with E-state index < -0.39 is 0 Å². The van der Waals surface area contributed by atoms with Crippen LogP contribution in [0.3, 0.4) is 0 Å². The molecule has 2 aromatic rings. The molecular formula is C17H10Cl2N2OS2. The summed E-state index contributed by atoms with van der Waals surface area (Å²) in [6.07, 6.45) is 3.35. The first-order valence-corrected chi connectivity index (χ1v) is 8.84. The Hall–Kier alpha value is -1.66. The standard InChI is InChI=1S/C17H10Cl2N2OS2/c18-13-5-1-11(2-6-13)9-15-16(22)21(17(23)24-15)20-10-12-3-7-14(19)8-4-12/h1-10H. The largest absolute Gasteiger partial charge is 0.286 e. The molecular weight excluding hydrogens is 383 g/mol. The molecule has 1 fully saturated rings. The third-order valence-electron chi connectivity index (χ3n) is 3.13. The molecule has 3 rings (SSSR count). The van der Waals surface area contributed by atoms with Gasteiger partial charge in [-0.1, -0.05) is 59.2 Å². The van der Waals surface area contributed by atoms with Gasteiger partial charge in [0.2, 0.25) is 0 Å². The summed E-state index contributed by atoms with van der Waals surface area (Å²) >= 11 is 18.2. The smallest absolute Gasteiger partial charge is 0.266 e. The Morgan fingerprint density at radius 3 is 2.08 bits per heavy atom. The SMILES string of the molecule is O=C1C(=Cc2ccc(Cl)cc2)SC(=S)N1N=Cc1ccc(Cl)cc1. The highest BCUT2D eigenvalue weighted by Crippen LogP contribution is 2.32. The van der Waals surface area contributed by atoms with Crippen LogP contribution in [0.15, 0.2) is 58.5 Å². The van der Waals surface area contributed by atoms with Crippen molar-refractivity contribution in [1.82, 2.24) is 5.01 Å². The Labute approximate surface area is 158 Å². The third kappa shape index (κ3) is 4.05. The van der Waals surface area contributed by atoms with Crippen LogP contribution < -0.4 is 0 Å². The molecule has 0 aromatic heterocycles. The second-order valence-corrected chi connectivity index (χ2v) is 7.39. The topological polar surface area (TPSA) is 32.7 Å². The first kappa shape index (κ1) is 17.2. The van der Waals surface area contributed by atoms with E-state index in [1.807, 2.05) is 24.3 Å². The van der Waals surface area contributed by atoms with E-state index in [9.17, 15) is 4.79 Å². The molecule has 0 aliphatic carbocycles. The van der Waals surface area contributed by atoms with Gasteiger partial charge < -0.3 is 0 Å². The zero-order chi connectivity index (χ0) is 17.1. The van der Waals surface area contributed by atoms with E-state index in [1.165, 1.54) is 16.8 Å². The summed E-state index contributed by atoms with van der Waals surface area (Å²) in [6.45, 7) is 0. The number of carbonyl (C=O) groups excluding carboxylic acids is 1. The number of halogens is 2. The van der Waals surface area contributed by atoms with E-state index in [4.69, 9.17) is 35.4 Å². The van der Waals surface area contributed by atoms with E-state index in [1.54, 1.807) is 36.6 Å². The van der Waals surface area contributed by atoms with Crippen molar-refractivity contribution in [3.8, 4) is 0 Å². The second-order valence-electron chi connectivity index (χ2n) is 4.84. The number of nitrogens with zero attached hydrogens (tertiary/aromatic N) is 2. The molecule has 1 amide bonds. The van der Waals surface area contributed by atoms with E-state index in [0.717, 1.165) is 11.1 Å². The molecule has 1 aliphatic rings. The van der Waals surface area contributed by atoms with Gasteiger partial charge in [-0.05, 0) is 53.7 Å². The van der Waals surface area contributed by atoms with Crippen LogP contribution in [0.1, 0.15) is 11.1 Å². The van der Waals surface area contributed by atoms with Crippen LogP contribution in [0.2, 0.25) is 10.0 Å². The lowest BCUT2D eigenvalue weighted by Crippen LogP contribution is -2.22. The lowest BCUT2D eigenvalue weighted by molar-refractivity contribution is -0.122. The van der Waals surface area contributed by atoms with Gasteiger partial charge in [0.05, 0.1) is 11.1 Å². The lowest BCUT2D eigenvalue weighted by atomic mass is 10.2. The quantitative estimate of drug-likeness (QED) is 0.407. The molecule has 0 N–H and O–H groups in total. The Morgan fingerprint density at radius 1 is 0.958 bits per heavy atom. The number of thioether (sulfide) groups is 1. The predicted octanol–water partition coefficient (Wildman–Crippen LogP) is 5.23.